The van der Waals surface area contributed by atoms with E-state index in [-0.39, 0.29) is 12.4 Å². The monoisotopic (exact) mass is 339 g/mol. The lowest BCUT2D eigenvalue weighted by Crippen LogP contribution is -1.90. The summed E-state index contributed by atoms with van der Waals surface area (Å²) in [6.45, 7) is 4.36. The van der Waals surface area contributed by atoms with Crippen LogP contribution in [0.5, 0.6) is 0 Å². The van der Waals surface area contributed by atoms with Gasteiger partial charge in [0.05, 0.1) is 6.21 Å². The number of aromatic nitrogens is 2. The molecule has 0 aliphatic carbocycles. The Kier molecular flexibility index (Phi) is 5.18. The molecule has 0 N–H and O–H groups in total. The molecule has 2 aromatic carbocycles. The Hall–Kier alpha value is -3.02. The van der Waals surface area contributed by atoms with Gasteiger partial charge in [0.15, 0.2) is 6.61 Å². The van der Waals surface area contributed by atoms with Crippen molar-refractivity contribution >= 4 is 6.21 Å². The highest BCUT2D eigenvalue weighted by molar-refractivity contribution is 5.79. The molecule has 128 valence electrons. The molecular weight excluding hydrogens is 321 g/mol. The largest absolute Gasteiger partial charge is 0.386 e. The summed E-state index contributed by atoms with van der Waals surface area (Å²) in [5, 5.41) is 7.74. The lowest BCUT2D eigenvalue weighted by molar-refractivity contribution is 0.107. The summed E-state index contributed by atoms with van der Waals surface area (Å²) in [5.74, 6) is 0.861. The third-order valence-corrected chi connectivity index (χ3v) is 3.64. The molecule has 0 amide bonds. The van der Waals surface area contributed by atoms with Gasteiger partial charge in [0.25, 0.3) is 5.89 Å². The van der Waals surface area contributed by atoms with Crippen LogP contribution in [0.25, 0.3) is 11.4 Å². The van der Waals surface area contributed by atoms with Gasteiger partial charge in [-0.2, -0.15) is 4.98 Å². The first kappa shape index (κ1) is 16.8. The molecule has 0 bridgehead atoms. The van der Waals surface area contributed by atoms with Crippen LogP contribution in [0.15, 0.2) is 58.2 Å². The van der Waals surface area contributed by atoms with E-state index in [4.69, 9.17) is 9.36 Å². The van der Waals surface area contributed by atoms with Gasteiger partial charge in [-0.25, -0.2) is 4.39 Å². The van der Waals surface area contributed by atoms with Gasteiger partial charge in [0.2, 0.25) is 5.82 Å². The van der Waals surface area contributed by atoms with Gasteiger partial charge >= 0.3 is 0 Å². The summed E-state index contributed by atoms with van der Waals surface area (Å²) in [7, 11) is 0. The molecule has 0 saturated carbocycles. The maximum absolute atomic E-state index is 12.9. The Bertz CT molecular complexity index is 840. The Morgan fingerprint density at radius 2 is 1.84 bits per heavy atom. The molecule has 0 atom stereocenters. The maximum atomic E-state index is 12.9. The van der Waals surface area contributed by atoms with Crippen LogP contribution in [0.4, 0.5) is 4.39 Å². The molecule has 25 heavy (non-hydrogen) atoms. The van der Waals surface area contributed by atoms with Crippen molar-refractivity contribution in [2.75, 3.05) is 0 Å². The number of halogens is 1. The zero-order valence-corrected chi connectivity index (χ0v) is 14.0. The summed E-state index contributed by atoms with van der Waals surface area (Å²) in [4.78, 5) is 9.37. The molecule has 1 heterocycles. The van der Waals surface area contributed by atoms with Gasteiger partial charge in [-0.1, -0.05) is 48.4 Å². The lowest BCUT2D eigenvalue weighted by atomic mass is 10.0. The first-order chi connectivity index (χ1) is 12.1. The molecular formula is C19H18FN3O2. The third kappa shape index (κ3) is 4.50. The number of rotatable bonds is 6. The molecule has 5 nitrogen and oxygen atoms in total. The second-order valence-electron chi connectivity index (χ2n) is 5.85. The number of benzene rings is 2. The topological polar surface area (TPSA) is 60.5 Å². The van der Waals surface area contributed by atoms with E-state index in [1.54, 1.807) is 18.3 Å². The number of oxime groups is 1. The maximum Gasteiger partial charge on any atom is 0.267 e. The fourth-order valence-corrected chi connectivity index (χ4v) is 2.19. The van der Waals surface area contributed by atoms with Crippen LogP contribution in [0.1, 0.15) is 36.8 Å². The van der Waals surface area contributed by atoms with Crippen molar-refractivity contribution in [1.29, 1.82) is 0 Å². The van der Waals surface area contributed by atoms with E-state index in [0.717, 1.165) is 5.56 Å². The smallest absolute Gasteiger partial charge is 0.267 e. The second-order valence-corrected chi connectivity index (χ2v) is 5.85. The molecule has 0 fully saturated rings. The average Bonchev–Trinajstić information content (AvgIpc) is 3.09. The molecule has 0 spiro atoms. The fourth-order valence-electron chi connectivity index (χ4n) is 2.19. The highest BCUT2D eigenvalue weighted by Crippen LogP contribution is 2.16. The average molecular weight is 339 g/mol. The Labute approximate surface area is 145 Å². The van der Waals surface area contributed by atoms with E-state index in [0.29, 0.717) is 23.2 Å². The van der Waals surface area contributed by atoms with Crippen molar-refractivity contribution in [3.05, 3.63) is 71.4 Å². The Morgan fingerprint density at radius 1 is 1.12 bits per heavy atom. The van der Waals surface area contributed by atoms with E-state index >= 15 is 0 Å². The zero-order chi connectivity index (χ0) is 17.6. The van der Waals surface area contributed by atoms with E-state index in [1.165, 1.54) is 17.7 Å². The van der Waals surface area contributed by atoms with Crippen LogP contribution in [0.3, 0.4) is 0 Å². The van der Waals surface area contributed by atoms with Gasteiger partial charge in [-0.05, 0) is 41.3 Å². The minimum Gasteiger partial charge on any atom is -0.386 e. The lowest BCUT2D eigenvalue weighted by Gasteiger charge is -2.04. The molecule has 1 aromatic heterocycles. The molecule has 3 aromatic rings. The van der Waals surface area contributed by atoms with Crippen LogP contribution in [-0.2, 0) is 11.4 Å². The normalized spacial score (nSPS) is 11.4. The summed E-state index contributed by atoms with van der Waals surface area (Å²) < 4.78 is 18.0. The van der Waals surface area contributed by atoms with Crippen molar-refractivity contribution in [3.63, 3.8) is 0 Å². The summed E-state index contributed by atoms with van der Waals surface area (Å²) in [6.07, 6.45) is 1.63. The van der Waals surface area contributed by atoms with Gasteiger partial charge in [-0.15, -0.1) is 0 Å². The third-order valence-electron chi connectivity index (χ3n) is 3.64. The molecule has 0 aliphatic heterocycles. The number of nitrogens with zero attached hydrogens (tertiary/aromatic N) is 3. The van der Waals surface area contributed by atoms with Crippen molar-refractivity contribution < 1.29 is 13.8 Å². The van der Waals surface area contributed by atoms with Crippen LogP contribution in [0, 0.1) is 5.82 Å². The van der Waals surface area contributed by atoms with Crippen LogP contribution >= 0.6 is 0 Å². The fraction of sp³-hybridized carbons (Fsp3) is 0.211. The van der Waals surface area contributed by atoms with Gasteiger partial charge in [0, 0.05) is 5.56 Å². The van der Waals surface area contributed by atoms with E-state index in [2.05, 4.69) is 41.3 Å². The van der Waals surface area contributed by atoms with Crippen LogP contribution < -0.4 is 0 Å². The molecule has 0 radical (unpaired) electrons. The van der Waals surface area contributed by atoms with E-state index in [1.807, 2.05) is 12.1 Å². The summed E-state index contributed by atoms with van der Waals surface area (Å²) in [5.41, 5.74) is 2.89. The van der Waals surface area contributed by atoms with Crippen LogP contribution in [-0.4, -0.2) is 16.4 Å². The molecule has 0 aliphatic rings. The quantitative estimate of drug-likeness (QED) is 0.488. The SMILES string of the molecule is CC(C)c1ccc(/C=N\OCc2nc(-c3ccc(F)cc3)no2)cc1. The van der Waals surface area contributed by atoms with E-state index < -0.39 is 0 Å². The predicted octanol–water partition coefficient (Wildman–Crippen LogP) is 4.55. The van der Waals surface area contributed by atoms with Crippen molar-refractivity contribution in [2.45, 2.75) is 26.4 Å². The standard InChI is InChI=1S/C19H18FN3O2/c1-13(2)15-5-3-14(4-6-15)11-21-24-12-18-22-19(23-25-18)16-7-9-17(20)10-8-16/h3-11,13H,12H2,1-2H3/b21-11-. The highest BCUT2D eigenvalue weighted by Gasteiger charge is 2.08. The minimum absolute atomic E-state index is 0.0643. The highest BCUT2D eigenvalue weighted by atomic mass is 19.1. The minimum atomic E-state index is -0.313. The van der Waals surface area contributed by atoms with Crippen molar-refractivity contribution in [1.82, 2.24) is 10.1 Å². The predicted molar refractivity (Wildman–Crippen MR) is 92.6 cm³/mol. The molecule has 0 unspecified atom stereocenters. The number of hydrogen-bond acceptors (Lipinski definition) is 5. The van der Waals surface area contributed by atoms with Crippen LogP contribution in [0.2, 0.25) is 0 Å². The molecule has 0 saturated heterocycles. The first-order valence-corrected chi connectivity index (χ1v) is 7.95. The van der Waals surface area contributed by atoms with Crippen molar-refractivity contribution in [3.8, 4) is 11.4 Å². The van der Waals surface area contributed by atoms with Gasteiger partial charge in [0.1, 0.15) is 5.82 Å². The molecule has 6 heteroatoms. The molecule has 3 rings (SSSR count). The summed E-state index contributed by atoms with van der Waals surface area (Å²) in [6, 6.07) is 14.0. The Morgan fingerprint density at radius 3 is 2.52 bits per heavy atom. The Balaban J connectivity index is 1.54. The zero-order valence-electron chi connectivity index (χ0n) is 14.0. The first-order valence-electron chi connectivity index (χ1n) is 7.95. The second kappa shape index (κ2) is 7.70. The van der Waals surface area contributed by atoms with Gasteiger partial charge in [-0.3, -0.25) is 0 Å². The summed E-state index contributed by atoms with van der Waals surface area (Å²) >= 11 is 0. The van der Waals surface area contributed by atoms with Crippen molar-refractivity contribution in [2.24, 2.45) is 5.16 Å². The number of hydrogen-bond donors (Lipinski definition) is 0. The van der Waals surface area contributed by atoms with E-state index in [9.17, 15) is 4.39 Å². The van der Waals surface area contributed by atoms with Gasteiger partial charge < -0.3 is 9.36 Å².